The number of amides is 1. The Hall–Kier alpha value is -2.21. The number of hydrogen-bond acceptors (Lipinski definition) is 4. The Balaban J connectivity index is 1.79. The molecule has 1 aliphatic heterocycles. The predicted octanol–water partition coefficient (Wildman–Crippen LogP) is 1.08. The summed E-state index contributed by atoms with van der Waals surface area (Å²) in [6.45, 7) is 3.37. The van der Waals surface area contributed by atoms with Crippen molar-refractivity contribution in [1.29, 1.82) is 0 Å². The molecular formula is C15H19N5O. The summed E-state index contributed by atoms with van der Waals surface area (Å²) >= 11 is 0. The number of rotatable bonds is 3. The number of nitrogens with zero attached hydrogens (tertiary/aromatic N) is 4. The molecule has 0 saturated carbocycles. The third-order valence-electron chi connectivity index (χ3n) is 3.95. The van der Waals surface area contributed by atoms with E-state index in [1.54, 1.807) is 0 Å². The number of carbonyl (C=O) groups excluding carboxylic acids is 1. The van der Waals surface area contributed by atoms with Gasteiger partial charge in [-0.25, -0.2) is 0 Å². The molecule has 2 unspecified atom stereocenters. The monoisotopic (exact) mass is 285 g/mol. The molecule has 1 aromatic heterocycles. The molecule has 21 heavy (non-hydrogen) atoms. The lowest BCUT2D eigenvalue weighted by molar-refractivity contribution is 0.0737. The highest BCUT2D eigenvalue weighted by molar-refractivity contribution is 5.92. The van der Waals surface area contributed by atoms with Crippen molar-refractivity contribution >= 4 is 5.91 Å². The number of hydrogen-bond donors (Lipinski definition) is 1. The second kappa shape index (κ2) is 5.65. The minimum absolute atomic E-state index is 0.0689. The van der Waals surface area contributed by atoms with E-state index in [9.17, 15) is 4.79 Å². The zero-order valence-electron chi connectivity index (χ0n) is 12.0. The molecule has 0 radical (unpaired) electrons. The zero-order valence-corrected chi connectivity index (χ0v) is 12.0. The van der Waals surface area contributed by atoms with Crippen molar-refractivity contribution in [1.82, 2.24) is 19.9 Å². The third-order valence-corrected chi connectivity index (χ3v) is 3.95. The Morgan fingerprint density at radius 3 is 2.81 bits per heavy atom. The van der Waals surface area contributed by atoms with Gasteiger partial charge in [0.2, 0.25) is 0 Å². The highest BCUT2D eigenvalue weighted by Gasteiger charge is 2.33. The molecule has 3 rings (SSSR count). The molecule has 1 fully saturated rings. The van der Waals surface area contributed by atoms with E-state index in [2.05, 4.69) is 17.1 Å². The molecule has 1 aliphatic rings. The van der Waals surface area contributed by atoms with E-state index >= 15 is 0 Å². The SMILES string of the molecule is CC1CC(CN)CN1C(=O)c1cnn(-c2ccccc2)n1. The van der Waals surface area contributed by atoms with Crippen LogP contribution in [-0.2, 0) is 0 Å². The lowest BCUT2D eigenvalue weighted by Gasteiger charge is -2.19. The molecule has 6 nitrogen and oxygen atoms in total. The van der Waals surface area contributed by atoms with E-state index in [-0.39, 0.29) is 11.9 Å². The molecule has 0 aliphatic carbocycles. The van der Waals surface area contributed by atoms with E-state index in [4.69, 9.17) is 5.73 Å². The number of nitrogens with two attached hydrogens (primary N) is 1. The van der Waals surface area contributed by atoms with Gasteiger partial charge in [-0.1, -0.05) is 18.2 Å². The van der Waals surface area contributed by atoms with Crippen LogP contribution in [-0.4, -0.2) is 44.9 Å². The number of benzene rings is 1. The van der Waals surface area contributed by atoms with Gasteiger partial charge in [0.05, 0.1) is 11.9 Å². The van der Waals surface area contributed by atoms with Crippen molar-refractivity contribution in [2.24, 2.45) is 11.7 Å². The molecule has 0 spiro atoms. The van der Waals surface area contributed by atoms with Gasteiger partial charge in [-0.3, -0.25) is 4.79 Å². The summed E-state index contributed by atoms with van der Waals surface area (Å²) in [6.07, 6.45) is 2.48. The van der Waals surface area contributed by atoms with Gasteiger partial charge < -0.3 is 10.6 Å². The van der Waals surface area contributed by atoms with Crippen LogP contribution in [0.5, 0.6) is 0 Å². The first-order valence-electron chi connectivity index (χ1n) is 7.18. The largest absolute Gasteiger partial charge is 0.334 e. The Labute approximate surface area is 123 Å². The second-order valence-corrected chi connectivity index (χ2v) is 5.50. The van der Waals surface area contributed by atoms with Crippen LogP contribution in [0, 0.1) is 5.92 Å². The van der Waals surface area contributed by atoms with Gasteiger partial charge in [0.1, 0.15) is 0 Å². The quantitative estimate of drug-likeness (QED) is 0.915. The maximum atomic E-state index is 12.5. The number of aromatic nitrogens is 3. The first-order chi connectivity index (χ1) is 10.2. The topological polar surface area (TPSA) is 77.0 Å². The Morgan fingerprint density at radius 2 is 2.14 bits per heavy atom. The van der Waals surface area contributed by atoms with Crippen molar-refractivity contribution < 1.29 is 4.79 Å². The van der Waals surface area contributed by atoms with E-state index in [1.807, 2.05) is 35.2 Å². The molecule has 2 heterocycles. The standard InChI is InChI=1S/C15H19N5O/c1-11-7-12(8-16)10-19(11)15(21)14-9-17-20(18-14)13-5-3-2-4-6-13/h2-6,9,11-12H,7-8,10,16H2,1H3. The van der Waals surface area contributed by atoms with Gasteiger partial charge in [0, 0.05) is 12.6 Å². The van der Waals surface area contributed by atoms with Crippen LogP contribution in [0.3, 0.4) is 0 Å². The Morgan fingerprint density at radius 1 is 1.38 bits per heavy atom. The van der Waals surface area contributed by atoms with Crippen LogP contribution >= 0.6 is 0 Å². The molecule has 2 atom stereocenters. The summed E-state index contributed by atoms with van der Waals surface area (Å²) in [5.74, 6) is 0.314. The summed E-state index contributed by atoms with van der Waals surface area (Å²) < 4.78 is 0. The molecule has 6 heteroatoms. The highest BCUT2D eigenvalue weighted by atomic mass is 16.2. The van der Waals surface area contributed by atoms with Crippen LogP contribution in [0.4, 0.5) is 0 Å². The van der Waals surface area contributed by atoms with Crippen molar-refractivity contribution in [2.45, 2.75) is 19.4 Å². The molecule has 0 bridgehead atoms. The molecule has 2 aromatic rings. The van der Waals surface area contributed by atoms with Crippen LogP contribution in [0.25, 0.3) is 5.69 Å². The van der Waals surface area contributed by atoms with Gasteiger partial charge >= 0.3 is 0 Å². The molecule has 2 N–H and O–H groups in total. The minimum atomic E-state index is -0.0689. The van der Waals surface area contributed by atoms with Gasteiger partial charge in [-0.05, 0) is 37.9 Å². The van der Waals surface area contributed by atoms with Gasteiger partial charge in [-0.15, -0.1) is 5.10 Å². The lowest BCUT2D eigenvalue weighted by Crippen LogP contribution is -2.34. The molecule has 1 saturated heterocycles. The minimum Gasteiger partial charge on any atom is -0.334 e. The summed E-state index contributed by atoms with van der Waals surface area (Å²) in [7, 11) is 0. The van der Waals surface area contributed by atoms with Crippen molar-refractivity contribution in [2.75, 3.05) is 13.1 Å². The van der Waals surface area contributed by atoms with Crippen LogP contribution in [0.1, 0.15) is 23.8 Å². The van der Waals surface area contributed by atoms with Crippen molar-refractivity contribution in [3.05, 3.63) is 42.2 Å². The Bertz CT molecular complexity index is 624. The number of carbonyl (C=O) groups is 1. The average molecular weight is 285 g/mol. The number of para-hydroxylation sites is 1. The van der Waals surface area contributed by atoms with Crippen LogP contribution in [0.2, 0.25) is 0 Å². The highest BCUT2D eigenvalue weighted by Crippen LogP contribution is 2.23. The summed E-state index contributed by atoms with van der Waals surface area (Å²) in [4.78, 5) is 15.9. The second-order valence-electron chi connectivity index (χ2n) is 5.50. The predicted molar refractivity (Wildman–Crippen MR) is 79.0 cm³/mol. The molecule has 1 aromatic carbocycles. The fourth-order valence-electron chi connectivity index (χ4n) is 2.79. The van der Waals surface area contributed by atoms with Gasteiger partial charge in [0.15, 0.2) is 5.69 Å². The van der Waals surface area contributed by atoms with E-state index in [0.29, 0.717) is 24.7 Å². The fraction of sp³-hybridized carbons (Fsp3) is 0.400. The summed E-state index contributed by atoms with van der Waals surface area (Å²) in [5.41, 5.74) is 6.92. The summed E-state index contributed by atoms with van der Waals surface area (Å²) in [5, 5.41) is 8.47. The zero-order chi connectivity index (χ0) is 14.8. The van der Waals surface area contributed by atoms with Crippen LogP contribution < -0.4 is 5.73 Å². The van der Waals surface area contributed by atoms with Gasteiger partial charge in [-0.2, -0.15) is 9.90 Å². The average Bonchev–Trinajstić information content (AvgIpc) is 3.14. The molecule has 110 valence electrons. The normalized spacial score (nSPS) is 21.7. The third kappa shape index (κ3) is 2.67. The lowest BCUT2D eigenvalue weighted by atomic mass is 10.1. The number of likely N-dealkylation sites (tertiary alicyclic amines) is 1. The maximum absolute atomic E-state index is 12.5. The fourth-order valence-corrected chi connectivity index (χ4v) is 2.79. The van der Waals surface area contributed by atoms with Gasteiger partial charge in [0.25, 0.3) is 5.91 Å². The van der Waals surface area contributed by atoms with E-state index < -0.39 is 0 Å². The van der Waals surface area contributed by atoms with Crippen LogP contribution in [0.15, 0.2) is 36.5 Å². The summed E-state index contributed by atoms with van der Waals surface area (Å²) in [6, 6.07) is 9.75. The molecule has 1 amide bonds. The van der Waals surface area contributed by atoms with E-state index in [0.717, 1.165) is 12.1 Å². The van der Waals surface area contributed by atoms with Crippen molar-refractivity contribution in [3.8, 4) is 5.69 Å². The van der Waals surface area contributed by atoms with E-state index in [1.165, 1.54) is 11.0 Å². The smallest absolute Gasteiger partial charge is 0.276 e. The first-order valence-corrected chi connectivity index (χ1v) is 7.18. The maximum Gasteiger partial charge on any atom is 0.276 e. The van der Waals surface area contributed by atoms with Crippen molar-refractivity contribution in [3.63, 3.8) is 0 Å². The molecular weight excluding hydrogens is 266 g/mol. The first kappa shape index (κ1) is 13.8. The Kier molecular flexibility index (Phi) is 3.70.